The summed E-state index contributed by atoms with van der Waals surface area (Å²) in [6.45, 7) is 9.40. The van der Waals surface area contributed by atoms with E-state index in [2.05, 4.69) is 18.2 Å². The molecule has 64 valence electrons. The fourth-order valence-electron chi connectivity index (χ4n) is 0.667. The zero-order valence-corrected chi connectivity index (χ0v) is 7.75. The van der Waals surface area contributed by atoms with Gasteiger partial charge in [0.15, 0.2) is 0 Å². The van der Waals surface area contributed by atoms with Crippen molar-refractivity contribution < 1.29 is 0 Å². The summed E-state index contributed by atoms with van der Waals surface area (Å²) in [6.07, 6.45) is 9.24. The molecule has 0 bridgehead atoms. The van der Waals surface area contributed by atoms with Gasteiger partial charge in [0.25, 0.3) is 0 Å². The highest BCUT2D eigenvalue weighted by Crippen LogP contribution is 2.07. The van der Waals surface area contributed by atoms with E-state index < -0.39 is 0 Å². The quantitative estimate of drug-likeness (QED) is 0.444. The van der Waals surface area contributed by atoms with Gasteiger partial charge in [-0.1, -0.05) is 37.0 Å². The Morgan fingerprint density at radius 1 is 1.42 bits per heavy atom. The maximum atomic E-state index is 3.86. The number of hydrogen-bond acceptors (Lipinski definition) is 1. The average molecular weight is 161 g/mol. The molecule has 0 aliphatic heterocycles. The van der Waals surface area contributed by atoms with E-state index in [4.69, 9.17) is 0 Å². The fraction of sp³-hybridized carbons (Fsp3) is 0.182. The van der Waals surface area contributed by atoms with Crippen molar-refractivity contribution in [2.24, 2.45) is 4.99 Å². The Balaban J connectivity index is 4.54. The fourth-order valence-corrected chi connectivity index (χ4v) is 0.667. The molecule has 1 nitrogen and oxygen atoms in total. The van der Waals surface area contributed by atoms with Gasteiger partial charge in [-0.05, 0) is 18.6 Å². The first-order valence-corrected chi connectivity index (χ1v) is 3.79. The van der Waals surface area contributed by atoms with Crippen molar-refractivity contribution in [3.63, 3.8) is 0 Å². The Labute approximate surface area is 74.5 Å². The van der Waals surface area contributed by atoms with E-state index in [0.717, 1.165) is 11.1 Å². The zero-order chi connectivity index (χ0) is 9.40. The standard InChI is InChI=1S/C11H15N/c1-5-6-7-11(10(2)3)8-9-12-4/h5-9H,1-2H2,3-4H3/b7-6-,11-8-,12-9?. The second-order valence-corrected chi connectivity index (χ2v) is 2.40. The number of rotatable bonds is 4. The van der Waals surface area contributed by atoms with Crippen molar-refractivity contribution in [3.05, 3.63) is 48.6 Å². The highest BCUT2D eigenvalue weighted by Gasteiger charge is 1.88. The van der Waals surface area contributed by atoms with Crippen LogP contribution < -0.4 is 0 Å². The first-order chi connectivity index (χ1) is 5.72. The van der Waals surface area contributed by atoms with Crippen molar-refractivity contribution in [3.8, 4) is 0 Å². The van der Waals surface area contributed by atoms with Crippen LogP contribution in [-0.4, -0.2) is 13.3 Å². The minimum atomic E-state index is 1.02. The van der Waals surface area contributed by atoms with Crippen molar-refractivity contribution in [2.75, 3.05) is 7.05 Å². The molecule has 0 saturated heterocycles. The summed E-state index contributed by atoms with van der Waals surface area (Å²) in [7, 11) is 1.74. The van der Waals surface area contributed by atoms with Crippen LogP contribution in [0.2, 0.25) is 0 Å². The van der Waals surface area contributed by atoms with Gasteiger partial charge in [0, 0.05) is 13.3 Å². The molecule has 1 heteroatoms. The second kappa shape index (κ2) is 6.35. The summed E-state index contributed by atoms with van der Waals surface area (Å²) in [5, 5.41) is 0. The summed E-state index contributed by atoms with van der Waals surface area (Å²) >= 11 is 0. The molecular formula is C11H15N. The topological polar surface area (TPSA) is 12.4 Å². The van der Waals surface area contributed by atoms with E-state index >= 15 is 0 Å². The SMILES string of the molecule is C=C/C=C\C(=C\C=NC)C(=C)C. The Morgan fingerprint density at radius 2 is 2.08 bits per heavy atom. The van der Waals surface area contributed by atoms with Gasteiger partial charge in [-0.25, -0.2) is 0 Å². The smallest absolute Gasteiger partial charge is 0.0277 e. The van der Waals surface area contributed by atoms with Crippen molar-refractivity contribution in [1.82, 2.24) is 0 Å². The van der Waals surface area contributed by atoms with Crippen molar-refractivity contribution in [2.45, 2.75) is 6.92 Å². The number of aliphatic imine (C=N–C) groups is 1. The third kappa shape index (κ3) is 4.45. The molecule has 0 aromatic carbocycles. The van der Waals surface area contributed by atoms with Gasteiger partial charge in [0.2, 0.25) is 0 Å². The van der Waals surface area contributed by atoms with E-state index in [0.29, 0.717) is 0 Å². The molecule has 0 radical (unpaired) electrons. The normalized spacial score (nSPS) is 12.7. The van der Waals surface area contributed by atoms with E-state index in [1.54, 1.807) is 19.3 Å². The number of nitrogens with zero attached hydrogens (tertiary/aromatic N) is 1. The molecule has 0 spiro atoms. The summed E-state index contributed by atoms with van der Waals surface area (Å²) in [4.78, 5) is 3.86. The lowest BCUT2D eigenvalue weighted by molar-refractivity contribution is 1.44. The minimum absolute atomic E-state index is 1.02. The molecule has 12 heavy (non-hydrogen) atoms. The third-order valence-electron chi connectivity index (χ3n) is 1.31. The van der Waals surface area contributed by atoms with Gasteiger partial charge in [-0.2, -0.15) is 0 Å². The molecule has 0 atom stereocenters. The molecule has 0 aliphatic rings. The van der Waals surface area contributed by atoms with Crippen LogP contribution in [-0.2, 0) is 0 Å². The summed E-state index contributed by atoms with van der Waals surface area (Å²) in [5.74, 6) is 0. The predicted molar refractivity (Wildman–Crippen MR) is 56.7 cm³/mol. The van der Waals surface area contributed by atoms with Gasteiger partial charge in [-0.3, -0.25) is 4.99 Å². The number of allylic oxidation sites excluding steroid dienone is 6. The van der Waals surface area contributed by atoms with E-state index in [9.17, 15) is 0 Å². The lowest BCUT2D eigenvalue weighted by Crippen LogP contribution is -1.79. The summed E-state index contributed by atoms with van der Waals surface area (Å²) in [6, 6.07) is 0. The monoisotopic (exact) mass is 161 g/mol. The molecular weight excluding hydrogens is 146 g/mol. The van der Waals surface area contributed by atoms with E-state index in [1.165, 1.54) is 0 Å². The van der Waals surface area contributed by atoms with E-state index in [1.807, 2.05) is 25.2 Å². The molecule has 0 N–H and O–H groups in total. The second-order valence-electron chi connectivity index (χ2n) is 2.40. The Kier molecular flexibility index (Phi) is 5.62. The van der Waals surface area contributed by atoms with Crippen molar-refractivity contribution >= 4 is 6.21 Å². The van der Waals surface area contributed by atoms with Gasteiger partial charge in [0.05, 0.1) is 0 Å². The van der Waals surface area contributed by atoms with Crippen LogP contribution >= 0.6 is 0 Å². The van der Waals surface area contributed by atoms with E-state index in [-0.39, 0.29) is 0 Å². The Bertz CT molecular complexity index is 242. The van der Waals surface area contributed by atoms with Gasteiger partial charge in [-0.15, -0.1) is 0 Å². The highest BCUT2D eigenvalue weighted by molar-refractivity contribution is 5.74. The Hall–Kier alpha value is -1.37. The van der Waals surface area contributed by atoms with Crippen LogP contribution in [0.15, 0.2) is 53.6 Å². The molecule has 0 aromatic heterocycles. The molecule has 0 amide bonds. The van der Waals surface area contributed by atoms with Crippen LogP contribution in [0.25, 0.3) is 0 Å². The molecule has 0 unspecified atom stereocenters. The molecule has 0 aliphatic carbocycles. The molecule has 0 heterocycles. The third-order valence-corrected chi connectivity index (χ3v) is 1.31. The minimum Gasteiger partial charge on any atom is -0.296 e. The van der Waals surface area contributed by atoms with Crippen LogP contribution in [0.1, 0.15) is 6.92 Å². The molecule has 0 fully saturated rings. The first kappa shape index (κ1) is 10.6. The highest BCUT2D eigenvalue weighted by atomic mass is 14.6. The Morgan fingerprint density at radius 3 is 2.50 bits per heavy atom. The molecule has 0 aromatic rings. The van der Waals surface area contributed by atoms with Gasteiger partial charge < -0.3 is 0 Å². The van der Waals surface area contributed by atoms with Crippen LogP contribution in [0.3, 0.4) is 0 Å². The largest absolute Gasteiger partial charge is 0.296 e. The van der Waals surface area contributed by atoms with Crippen LogP contribution in [0, 0.1) is 0 Å². The maximum absolute atomic E-state index is 3.86. The molecule has 0 rings (SSSR count). The summed E-state index contributed by atoms with van der Waals surface area (Å²) < 4.78 is 0. The van der Waals surface area contributed by atoms with Crippen molar-refractivity contribution in [1.29, 1.82) is 0 Å². The summed E-state index contributed by atoms with van der Waals surface area (Å²) in [5.41, 5.74) is 2.09. The predicted octanol–water partition coefficient (Wildman–Crippen LogP) is 2.93. The lowest BCUT2D eigenvalue weighted by atomic mass is 10.1. The molecule has 0 saturated carbocycles. The van der Waals surface area contributed by atoms with Crippen LogP contribution in [0.5, 0.6) is 0 Å². The number of hydrogen-bond donors (Lipinski definition) is 0. The zero-order valence-electron chi connectivity index (χ0n) is 7.75. The lowest BCUT2D eigenvalue weighted by Gasteiger charge is -1.96. The van der Waals surface area contributed by atoms with Gasteiger partial charge >= 0.3 is 0 Å². The maximum Gasteiger partial charge on any atom is 0.0277 e. The van der Waals surface area contributed by atoms with Gasteiger partial charge in [0.1, 0.15) is 0 Å². The first-order valence-electron chi connectivity index (χ1n) is 3.79. The van der Waals surface area contributed by atoms with Crippen LogP contribution in [0.4, 0.5) is 0 Å². The average Bonchev–Trinajstić information content (AvgIpc) is 2.04.